The first kappa shape index (κ1) is 19.3. The highest BCUT2D eigenvalue weighted by molar-refractivity contribution is 6.17. The van der Waals surface area contributed by atoms with Crippen molar-refractivity contribution in [3.63, 3.8) is 0 Å². The van der Waals surface area contributed by atoms with Gasteiger partial charge < -0.3 is 10.7 Å². The van der Waals surface area contributed by atoms with Crippen LogP contribution in [0.4, 0.5) is 13.2 Å². The fraction of sp³-hybridized carbons (Fsp3) is 0.0476. The lowest BCUT2D eigenvalue weighted by atomic mass is 9.98. The Bertz CT molecular complexity index is 1350. The summed E-state index contributed by atoms with van der Waals surface area (Å²) in [5.41, 5.74) is 4.69. The van der Waals surface area contributed by atoms with Gasteiger partial charge in [0, 0.05) is 40.2 Å². The summed E-state index contributed by atoms with van der Waals surface area (Å²) in [6.07, 6.45) is 2.63. The van der Waals surface area contributed by atoms with Gasteiger partial charge in [0.25, 0.3) is 5.91 Å². The molecule has 0 atom stereocenters. The van der Waals surface area contributed by atoms with E-state index in [4.69, 9.17) is 5.73 Å². The summed E-state index contributed by atoms with van der Waals surface area (Å²) in [6, 6.07) is 6.26. The van der Waals surface area contributed by atoms with E-state index in [1.807, 2.05) is 0 Å². The van der Waals surface area contributed by atoms with Crippen LogP contribution in [-0.2, 0) is 0 Å². The molecule has 6 nitrogen and oxygen atoms in total. The first-order valence-corrected chi connectivity index (χ1v) is 8.71. The van der Waals surface area contributed by atoms with Crippen LogP contribution in [-0.4, -0.2) is 26.6 Å². The summed E-state index contributed by atoms with van der Waals surface area (Å²) in [5, 5.41) is 0.223. The van der Waals surface area contributed by atoms with E-state index >= 15 is 0 Å². The molecule has 30 heavy (non-hydrogen) atoms. The average molecular weight is 410 g/mol. The average Bonchev–Trinajstić information content (AvgIpc) is 3.10. The molecule has 9 heteroatoms. The summed E-state index contributed by atoms with van der Waals surface area (Å²) in [6.45, 7) is 1.64. The van der Waals surface area contributed by atoms with Crippen molar-refractivity contribution < 1.29 is 22.8 Å². The van der Waals surface area contributed by atoms with Gasteiger partial charge in [-0.15, -0.1) is 0 Å². The van der Waals surface area contributed by atoms with Crippen molar-refractivity contribution in [3.05, 3.63) is 82.7 Å². The molecule has 0 saturated carbocycles. The van der Waals surface area contributed by atoms with Crippen molar-refractivity contribution in [1.82, 2.24) is 15.0 Å². The van der Waals surface area contributed by atoms with Gasteiger partial charge in [-0.2, -0.15) is 4.39 Å². The summed E-state index contributed by atoms with van der Waals surface area (Å²) in [7, 11) is 0. The van der Waals surface area contributed by atoms with Crippen molar-refractivity contribution in [1.29, 1.82) is 0 Å². The summed E-state index contributed by atoms with van der Waals surface area (Å²) < 4.78 is 43.1. The monoisotopic (exact) mass is 410 g/mol. The number of nitrogens with zero attached hydrogens (tertiary/aromatic N) is 2. The molecular weight excluding hydrogens is 397 g/mol. The minimum absolute atomic E-state index is 0.0979. The molecule has 150 valence electrons. The van der Waals surface area contributed by atoms with Crippen LogP contribution < -0.4 is 5.73 Å². The molecule has 0 radical (unpaired) electrons. The van der Waals surface area contributed by atoms with Crippen LogP contribution >= 0.6 is 0 Å². The van der Waals surface area contributed by atoms with Crippen LogP contribution in [0.5, 0.6) is 0 Å². The number of hydrogen-bond acceptors (Lipinski definition) is 4. The Morgan fingerprint density at radius 1 is 1.07 bits per heavy atom. The van der Waals surface area contributed by atoms with Crippen LogP contribution in [0, 0.1) is 24.5 Å². The third-order valence-electron chi connectivity index (χ3n) is 4.66. The zero-order chi connectivity index (χ0) is 21.6. The molecule has 3 aromatic heterocycles. The van der Waals surface area contributed by atoms with Gasteiger partial charge in [0.2, 0.25) is 11.7 Å². The number of halogens is 3. The number of ketones is 1. The standard InChI is InChI=1S/C21H13F3N4O2/c1-9-2-3-11(19(24)28-9)10-6-13-14(8-27-21(13)26-7-10)18(29)16-15(22)5-4-12(17(16)23)20(25)30/h2-8H,1H3,(H2,25,30)(H,26,27). The van der Waals surface area contributed by atoms with E-state index in [1.54, 1.807) is 13.0 Å². The maximum Gasteiger partial charge on any atom is 0.251 e. The molecule has 3 N–H and O–H groups in total. The van der Waals surface area contributed by atoms with Crippen LogP contribution in [0.15, 0.2) is 42.7 Å². The van der Waals surface area contributed by atoms with Crippen molar-refractivity contribution in [2.24, 2.45) is 5.73 Å². The second kappa shape index (κ2) is 7.11. The van der Waals surface area contributed by atoms with Crippen LogP contribution in [0.25, 0.3) is 22.2 Å². The van der Waals surface area contributed by atoms with E-state index in [0.717, 1.165) is 12.1 Å². The Balaban J connectivity index is 1.87. The molecule has 0 spiro atoms. The highest BCUT2D eigenvalue weighted by Crippen LogP contribution is 2.29. The number of aromatic amines is 1. The number of benzene rings is 1. The molecule has 0 aliphatic heterocycles. The summed E-state index contributed by atoms with van der Waals surface area (Å²) >= 11 is 0. The number of carbonyl (C=O) groups excluding carboxylic acids is 2. The Labute approximate surface area is 167 Å². The Morgan fingerprint density at radius 3 is 2.53 bits per heavy atom. The number of aromatic nitrogens is 3. The fourth-order valence-corrected chi connectivity index (χ4v) is 3.16. The van der Waals surface area contributed by atoms with Gasteiger partial charge in [-0.25, -0.2) is 18.7 Å². The van der Waals surface area contributed by atoms with Crippen LogP contribution in [0.2, 0.25) is 0 Å². The number of fused-ring (bicyclic) bond motifs is 1. The Morgan fingerprint density at radius 2 is 1.83 bits per heavy atom. The van der Waals surface area contributed by atoms with E-state index < -0.39 is 40.4 Å². The molecule has 1 amide bonds. The minimum Gasteiger partial charge on any atom is -0.366 e. The number of rotatable bonds is 4. The SMILES string of the molecule is Cc1ccc(-c2cnc3[nH]cc(C(=O)c4c(F)ccc(C(N)=O)c4F)c3c2)c(F)n1. The van der Waals surface area contributed by atoms with Crippen molar-refractivity contribution >= 4 is 22.7 Å². The van der Waals surface area contributed by atoms with E-state index in [-0.39, 0.29) is 22.2 Å². The van der Waals surface area contributed by atoms with Gasteiger partial charge >= 0.3 is 0 Å². The van der Waals surface area contributed by atoms with Gasteiger partial charge in [-0.3, -0.25) is 9.59 Å². The number of primary amides is 1. The summed E-state index contributed by atoms with van der Waals surface area (Å²) in [5.74, 6) is -5.35. The Hall–Kier alpha value is -4.01. The fourth-order valence-electron chi connectivity index (χ4n) is 3.16. The van der Waals surface area contributed by atoms with Crippen molar-refractivity contribution in [2.45, 2.75) is 6.92 Å². The number of nitrogens with two attached hydrogens (primary N) is 1. The van der Waals surface area contributed by atoms with Gasteiger partial charge in [0.1, 0.15) is 17.3 Å². The smallest absolute Gasteiger partial charge is 0.251 e. The first-order chi connectivity index (χ1) is 14.3. The largest absolute Gasteiger partial charge is 0.366 e. The number of pyridine rings is 2. The maximum absolute atomic E-state index is 14.6. The predicted octanol–water partition coefficient (Wildman–Crippen LogP) is 3.68. The second-order valence-electron chi connectivity index (χ2n) is 6.59. The molecule has 0 saturated heterocycles. The van der Waals surface area contributed by atoms with Crippen molar-refractivity contribution in [3.8, 4) is 11.1 Å². The lowest BCUT2D eigenvalue weighted by molar-refractivity contribution is 0.0996. The molecule has 0 aliphatic carbocycles. The molecule has 0 aliphatic rings. The van der Waals surface area contributed by atoms with Gasteiger partial charge in [-0.05, 0) is 37.3 Å². The van der Waals surface area contributed by atoms with E-state index in [1.165, 1.54) is 24.5 Å². The third-order valence-corrected chi connectivity index (χ3v) is 4.66. The zero-order valence-electron chi connectivity index (χ0n) is 15.5. The molecule has 3 heterocycles. The molecule has 4 aromatic rings. The van der Waals surface area contributed by atoms with Gasteiger partial charge in [-0.1, -0.05) is 0 Å². The number of aryl methyl sites for hydroxylation is 1. The lowest BCUT2D eigenvalue weighted by Gasteiger charge is -2.07. The number of H-pyrrole nitrogens is 1. The predicted molar refractivity (Wildman–Crippen MR) is 102 cm³/mol. The molecule has 0 bridgehead atoms. The van der Waals surface area contributed by atoms with E-state index in [0.29, 0.717) is 11.3 Å². The highest BCUT2D eigenvalue weighted by Gasteiger charge is 2.26. The highest BCUT2D eigenvalue weighted by atomic mass is 19.1. The number of nitrogens with one attached hydrogen (secondary N) is 1. The topological polar surface area (TPSA) is 102 Å². The minimum atomic E-state index is -1.35. The first-order valence-electron chi connectivity index (χ1n) is 8.71. The van der Waals surface area contributed by atoms with Crippen molar-refractivity contribution in [2.75, 3.05) is 0 Å². The zero-order valence-corrected chi connectivity index (χ0v) is 15.5. The molecule has 1 aromatic carbocycles. The molecule has 0 fully saturated rings. The summed E-state index contributed by atoms with van der Waals surface area (Å²) in [4.78, 5) is 34.9. The third kappa shape index (κ3) is 3.10. The molecule has 4 rings (SSSR count). The molecular formula is C21H13F3N4O2. The van der Waals surface area contributed by atoms with Gasteiger partial charge in [0.05, 0.1) is 11.1 Å². The number of hydrogen-bond donors (Lipinski definition) is 2. The Kier molecular flexibility index (Phi) is 4.57. The second-order valence-corrected chi connectivity index (χ2v) is 6.59. The van der Waals surface area contributed by atoms with Crippen LogP contribution in [0.1, 0.15) is 32.0 Å². The number of amides is 1. The van der Waals surface area contributed by atoms with E-state index in [9.17, 15) is 22.8 Å². The van der Waals surface area contributed by atoms with Crippen LogP contribution in [0.3, 0.4) is 0 Å². The maximum atomic E-state index is 14.6. The van der Waals surface area contributed by atoms with E-state index in [2.05, 4.69) is 15.0 Å². The number of carbonyl (C=O) groups is 2. The molecule has 0 unspecified atom stereocenters. The lowest BCUT2D eigenvalue weighted by Crippen LogP contribution is -2.17. The normalized spacial score (nSPS) is 11.1. The quantitative estimate of drug-likeness (QED) is 0.396. The van der Waals surface area contributed by atoms with Gasteiger partial charge in [0.15, 0.2) is 0 Å².